The molecule has 0 aromatic carbocycles. The number of anilines is 1. The molecular formula is C21H25N7O6S. The largest absolute Gasteiger partial charge is 0.481 e. The molecule has 0 amide bonds. The van der Waals surface area contributed by atoms with Crippen molar-refractivity contribution in [3.8, 4) is 5.88 Å². The predicted octanol–water partition coefficient (Wildman–Crippen LogP) is 0.128. The summed E-state index contributed by atoms with van der Waals surface area (Å²) in [6.07, 6.45) is 5.93. The Kier molecular flexibility index (Phi) is 7.35. The molecular weight excluding hydrogens is 478 g/mol. The summed E-state index contributed by atoms with van der Waals surface area (Å²) in [6, 6.07) is 4.98. The molecule has 3 aromatic rings. The number of methoxy groups -OCH3 is 1. The van der Waals surface area contributed by atoms with Gasteiger partial charge in [0.05, 0.1) is 31.9 Å². The normalized spacial score (nSPS) is 20.0. The molecule has 1 fully saturated rings. The first kappa shape index (κ1) is 24.7. The molecule has 0 radical (unpaired) electrons. The fraction of sp³-hybridized carbons (Fsp3) is 0.381. The number of aliphatic hydroxyl groups excluding tert-OH is 1. The second-order valence-corrected chi connectivity index (χ2v) is 9.32. The smallest absolute Gasteiger partial charge is 0.333 e. The molecule has 0 spiro atoms. The van der Waals surface area contributed by atoms with Gasteiger partial charge in [-0.3, -0.25) is 13.7 Å². The average molecular weight is 504 g/mol. The maximum atomic E-state index is 13.2. The van der Waals surface area contributed by atoms with Crippen LogP contribution in [0.2, 0.25) is 0 Å². The third kappa shape index (κ3) is 6.16. The second-order valence-electron chi connectivity index (χ2n) is 8.10. The first-order valence-electron chi connectivity index (χ1n) is 10.7. The lowest BCUT2D eigenvalue weighted by molar-refractivity contribution is 0.101. The number of nitrogens with zero attached hydrogens (tertiary/aromatic N) is 5. The zero-order valence-corrected chi connectivity index (χ0v) is 19.6. The van der Waals surface area contributed by atoms with Crippen LogP contribution in [0.1, 0.15) is 34.5 Å². The van der Waals surface area contributed by atoms with E-state index in [-0.39, 0.29) is 29.7 Å². The Balaban J connectivity index is 1.45. The summed E-state index contributed by atoms with van der Waals surface area (Å²) in [5.41, 5.74) is 1.23. The number of ether oxygens (including phenoxy) is 1. The lowest BCUT2D eigenvalue weighted by Crippen LogP contribution is -2.24. The van der Waals surface area contributed by atoms with Crippen LogP contribution in [0.3, 0.4) is 0 Å². The molecule has 4 N–H and O–H groups in total. The molecule has 3 unspecified atom stereocenters. The molecule has 3 atom stereocenters. The van der Waals surface area contributed by atoms with Gasteiger partial charge in [-0.05, 0) is 25.0 Å². The highest BCUT2D eigenvalue weighted by atomic mass is 32.2. The maximum absolute atomic E-state index is 13.2. The van der Waals surface area contributed by atoms with Gasteiger partial charge in [-0.25, -0.2) is 20.1 Å². The van der Waals surface area contributed by atoms with Crippen molar-refractivity contribution in [1.82, 2.24) is 24.7 Å². The van der Waals surface area contributed by atoms with E-state index in [0.29, 0.717) is 31.1 Å². The number of hydrogen-bond donors (Lipinski definition) is 3. The lowest BCUT2D eigenvalue weighted by atomic mass is 10.1. The maximum Gasteiger partial charge on any atom is 0.333 e. The fourth-order valence-electron chi connectivity index (χ4n) is 4.00. The van der Waals surface area contributed by atoms with Gasteiger partial charge in [0, 0.05) is 36.1 Å². The summed E-state index contributed by atoms with van der Waals surface area (Å²) in [4.78, 5) is 25.5. The van der Waals surface area contributed by atoms with Crippen LogP contribution in [0.25, 0.3) is 0 Å². The van der Waals surface area contributed by atoms with E-state index in [4.69, 9.17) is 9.88 Å². The van der Waals surface area contributed by atoms with Gasteiger partial charge in [0.15, 0.2) is 0 Å². The van der Waals surface area contributed by atoms with Crippen LogP contribution in [0, 0.1) is 5.92 Å². The van der Waals surface area contributed by atoms with Gasteiger partial charge in [-0.15, -0.1) is 0 Å². The molecule has 3 heterocycles. The summed E-state index contributed by atoms with van der Waals surface area (Å²) in [5, 5.41) is 22.7. The van der Waals surface area contributed by atoms with Gasteiger partial charge < -0.3 is 15.2 Å². The Hall–Kier alpha value is -3.46. The Morgan fingerprint density at radius 2 is 2.14 bits per heavy atom. The third-order valence-corrected chi connectivity index (χ3v) is 6.12. The Labute approximate surface area is 201 Å². The second kappa shape index (κ2) is 10.4. The van der Waals surface area contributed by atoms with Crippen LogP contribution in [-0.2, 0) is 21.0 Å². The van der Waals surface area contributed by atoms with E-state index >= 15 is 0 Å². The van der Waals surface area contributed by atoms with Gasteiger partial charge >= 0.3 is 10.3 Å². The lowest BCUT2D eigenvalue weighted by Gasteiger charge is -2.15. The van der Waals surface area contributed by atoms with E-state index in [1.54, 1.807) is 29.2 Å². The molecule has 14 heteroatoms. The topological polar surface area (TPSA) is 184 Å². The van der Waals surface area contributed by atoms with Crippen molar-refractivity contribution in [2.75, 3.05) is 19.0 Å². The molecule has 1 saturated carbocycles. The summed E-state index contributed by atoms with van der Waals surface area (Å²) in [6.45, 7) is 0.134. The molecule has 186 valence electrons. The predicted molar refractivity (Wildman–Crippen MR) is 123 cm³/mol. The van der Waals surface area contributed by atoms with Crippen molar-refractivity contribution in [2.24, 2.45) is 11.1 Å². The number of nitrogens with two attached hydrogens (primary N) is 1. The SMILES string of the molecule is COc1ncccc1Cn1ccc(C(=O)c2cncnc2NC2CC(O)C(COS(N)(=O)=O)C2)n1. The van der Waals surface area contributed by atoms with E-state index in [1.807, 2.05) is 6.07 Å². The zero-order valence-electron chi connectivity index (χ0n) is 18.8. The molecule has 1 aliphatic rings. The highest BCUT2D eigenvalue weighted by molar-refractivity contribution is 7.84. The molecule has 0 aliphatic heterocycles. The number of ketones is 1. The standard InChI is InChI=1S/C21H25N7O6S/c1-33-21-13(3-2-5-24-21)10-28-6-4-17(27-28)19(30)16-9-23-12-25-20(16)26-15-7-14(18(29)8-15)11-34-35(22,31)32/h2-6,9,12,14-15,18,29H,7-8,10-11H2,1H3,(H2,22,31,32)(H,23,25,26). The number of pyridine rings is 1. The molecule has 1 aliphatic carbocycles. The number of aliphatic hydroxyl groups is 1. The summed E-state index contributed by atoms with van der Waals surface area (Å²) >= 11 is 0. The number of aromatic nitrogens is 5. The summed E-state index contributed by atoms with van der Waals surface area (Å²) in [5.74, 6) is -0.0475. The number of rotatable bonds is 10. The van der Waals surface area contributed by atoms with Crippen molar-refractivity contribution < 1.29 is 27.2 Å². The van der Waals surface area contributed by atoms with Gasteiger partial charge in [-0.2, -0.15) is 13.5 Å². The minimum atomic E-state index is -4.10. The molecule has 35 heavy (non-hydrogen) atoms. The zero-order chi connectivity index (χ0) is 25.0. The van der Waals surface area contributed by atoms with Crippen molar-refractivity contribution in [3.63, 3.8) is 0 Å². The van der Waals surface area contributed by atoms with Gasteiger partial charge in [0.25, 0.3) is 0 Å². The highest BCUT2D eigenvalue weighted by Gasteiger charge is 2.34. The molecule has 3 aromatic heterocycles. The minimum absolute atomic E-state index is 0.205. The van der Waals surface area contributed by atoms with Crippen LogP contribution in [0.4, 0.5) is 5.82 Å². The van der Waals surface area contributed by atoms with Crippen LogP contribution < -0.4 is 15.2 Å². The molecule has 4 rings (SSSR count). The number of nitrogens with one attached hydrogen (secondary N) is 1. The van der Waals surface area contributed by atoms with E-state index in [0.717, 1.165) is 5.56 Å². The number of carbonyl (C=O) groups is 1. The fourth-order valence-corrected chi connectivity index (χ4v) is 4.36. The molecule has 13 nitrogen and oxygen atoms in total. The van der Waals surface area contributed by atoms with Gasteiger partial charge in [0.2, 0.25) is 11.7 Å². The van der Waals surface area contributed by atoms with E-state index in [1.165, 1.54) is 19.6 Å². The third-order valence-electron chi connectivity index (χ3n) is 5.65. The molecule has 0 saturated heterocycles. The van der Waals surface area contributed by atoms with E-state index in [9.17, 15) is 18.3 Å². The first-order chi connectivity index (χ1) is 16.7. The van der Waals surface area contributed by atoms with Gasteiger partial charge in [-0.1, -0.05) is 6.07 Å². The van der Waals surface area contributed by atoms with Gasteiger partial charge in [0.1, 0.15) is 17.8 Å². The Morgan fingerprint density at radius 1 is 1.31 bits per heavy atom. The monoisotopic (exact) mass is 503 g/mol. The van der Waals surface area contributed by atoms with Crippen LogP contribution >= 0.6 is 0 Å². The Bertz CT molecular complexity index is 1300. The number of carbonyl (C=O) groups excluding carboxylic acids is 1. The van der Waals surface area contributed by atoms with E-state index < -0.39 is 22.3 Å². The first-order valence-corrected chi connectivity index (χ1v) is 12.2. The molecule has 0 bridgehead atoms. The van der Waals surface area contributed by atoms with Crippen molar-refractivity contribution in [2.45, 2.75) is 31.5 Å². The highest BCUT2D eigenvalue weighted by Crippen LogP contribution is 2.30. The summed E-state index contributed by atoms with van der Waals surface area (Å²) < 4.78 is 33.6. The van der Waals surface area contributed by atoms with Crippen LogP contribution in [0.15, 0.2) is 43.1 Å². The van der Waals surface area contributed by atoms with Crippen molar-refractivity contribution >= 4 is 21.9 Å². The minimum Gasteiger partial charge on any atom is -0.481 e. The Morgan fingerprint density at radius 3 is 2.91 bits per heavy atom. The quantitative estimate of drug-likeness (QED) is 0.319. The van der Waals surface area contributed by atoms with Crippen LogP contribution in [-0.4, -0.2) is 69.9 Å². The average Bonchev–Trinajstić information content (AvgIpc) is 3.43. The summed E-state index contributed by atoms with van der Waals surface area (Å²) in [7, 11) is -2.56. The van der Waals surface area contributed by atoms with E-state index in [2.05, 4.69) is 29.6 Å². The number of hydrogen-bond acceptors (Lipinski definition) is 11. The van der Waals surface area contributed by atoms with Crippen LogP contribution in [0.5, 0.6) is 5.88 Å². The van der Waals surface area contributed by atoms with Crippen molar-refractivity contribution in [3.05, 3.63) is 59.9 Å². The van der Waals surface area contributed by atoms with Crippen molar-refractivity contribution in [1.29, 1.82) is 0 Å².